The van der Waals surface area contributed by atoms with E-state index >= 15 is 0 Å². The van der Waals surface area contributed by atoms with Crippen molar-refractivity contribution in [2.24, 2.45) is 0 Å². The molecule has 0 bridgehead atoms. The number of rotatable bonds is 6. The van der Waals surface area contributed by atoms with Gasteiger partial charge in [0.25, 0.3) is 11.6 Å². The largest absolute Gasteiger partial charge is 0.379 e. The lowest BCUT2D eigenvalue weighted by atomic mass is 10.1. The number of carbonyl (C=O) groups is 1. The number of nitro benzene ring substituents is 1. The van der Waals surface area contributed by atoms with Crippen LogP contribution in [-0.2, 0) is 11.3 Å². The zero-order valence-corrected chi connectivity index (χ0v) is 18.0. The number of nitrogens with zero attached hydrogens (tertiary/aromatic N) is 3. The summed E-state index contributed by atoms with van der Waals surface area (Å²) in [5.74, 6) is -0.481. The number of thiazole rings is 1. The van der Waals surface area contributed by atoms with Crippen LogP contribution in [0.3, 0.4) is 0 Å². The molecule has 2 heterocycles. The van der Waals surface area contributed by atoms with E-state index in [9.17, 15) is 14.9 Å². The molecule has 0 aliphatic carbocycles. The van der Waals surface area contributed by atoms with Gasteiger partial charge in [-0.15, -0.1) is 0 Å². The first-order valence-corrected chi connectivity index (χ1v) is 10.8. The molecule has 160 valence electrons. The zero-order valence-electron chi connectivity index (χ0n) is 16.4. The highest BCUT2D eigenvalue weighted by atomic mass is 35.5. The van der Waals surface area contributed by atoms with Crippen LogP contribution >= 0.6 is 22.9 Å². The average molecular weight is 459 g/mol. The highest BCUT2D eigenvalue weighted by molar-refractivity contribution is 7.16. The Morgan fingerprint density at radius 1 is 1.23 bits per heavy atom. The fraction of sp³-hybridized carbons (Fsp3) is 0.238. The van der Waals surface area contributed by atoms with E-state index in [-0.39, 0.29) is 16.3 Å². The van der Waals surface area contributed by atoms with E-state index in [1.165, 1.54) is 23.5 Å². The molecule has 1 aliphatic rings. The monoisotopic (exact) mass is 458 g/mol. The minimum Gasteiger partial charge on any atom is -0.379 e. The van der Waals surface area contributed by atoms with Gasteiger partial charge in [-0.05, 0) is 12.1 Å². The van der Waals surface area contributed by atoms with Gasteiger partial charge in [0.15, 0.2) is 5.13 Å². The molecule has 0 unspecified atom stereocenters. The molecular weight excluding hydrogens is 440 g/mol. The molecule has 1 N–H and O–H groups in total. The number of carbonyl (C=O) groups excluding carboxylic acids is 1. The van der Waals surface area contributed by atoms with Gasteiger partial charge in [-0.2, -0.15) is 0 Å². The minimum absolute atomic E-state index is 0.0186. The van der Waals surface area contributed by atoms with Crippen LogP contribution in [-0.4, -0.2) is 47.0 Å². The molecule has 10 heteroatoms. The van der Waals surface area contributed by atoms with Crippen molar-refractivity contribution in [2.75, 3.05) is 31.6 Å². The van der Waals surface area contributed by atoms with Crippen molar-refractivity contribution in [3.8, 4) is 11.3 Å². The predicted octanol–water partition coefficient (Wildman–Crippen LogP) is 4.46. The normalized spacial score (nSPS) is 14.4. The number of amides is 1. The van der Waals surface area contributed by atoms with Crippen molar-refractivity contribution < 1.29 is 14.5 Å². The third kappa shape index (κ3) is 5.08. The predicted molar refractivity (Wildman–Crippen MR) is 120 cm³/mol. The molecule has 0 atom stereocenters. The Morgan fingerprint density at radius 3 is 2.68 bits per heavy atom. The van der Waals surface area contributed by atoms with Crippen LogP contribution in [0.2, 0.25) is 5.02 Å². The lowest BCUT2D eigenvalue weighted by Gasteiger charge is -2.26. The third-order valence-electron chi connectivity index (χ3n) is 4.84. The summed E-state index contributed by atoms with van der Waals surface area (Å²) in [5, 5.41) is 14.3. The topological polar surface area (TPSA) is 97.6 Å². The summed E-state index contributed by atoms with van der Waals surface area (Å²) in [6, 6.07) is 13.7. The number of nitrogens with one attached hydrogen (secondary N) is 1. The lowest BCUT2D eigenvalue weighted by Crippen LogP contribution is -2.35. The number of nitro groups is 1. The van der Waals surface area contributed by atoms with Crippen molar-refractivity contribution in [2.45, 2.75) is 6.54 Å². The van der Waals surface area contributed by atoms with Crippen LogP contribution in [0.15, 0.2) is 48.5 Å². The molecule has 4 rings (SSSR count). The fourth-order valence-electron chi connectivity index (χ4n) is 3.26. The van der Waals surface area contributed by atoms with Gasteiger partial charge >= 0.3 is 0 Å². The molecule has 1 saturated heterocycles. The Bertz CT molecular complexity index is 1100. The van der Waals surface area contributed by atoms with E-state index < -0.39 is 10.8 Å². The van der Waals surface area contributed by atoms with E-state index in [0.29, 0.717) is 24.9 Å². The number of aromatic nitrogens is 1. The van der Waals surface area contributed by atoms with Gasteiger partial charge in [0.05, 0.1) is 23.8 Å². The number of hydrogen-bond donors (Lipinski definition) is 1. The van der Waals surface area contributed by atoms with Crippen molar-refractivity contribution in [3.05, 3.63) is 74.1 Å². The molecular formula is C21H19ClN4O4S. The average Bonchev–Trinajstić information content (AvgIpc) is 3.17. The highest BCUT2D eigenvalue weighted by Gasteiger charge is 2.21. The maximum Gasteiger partial charge on any atom is 0.288 e. The summed E-state index contributed by atoms with van der Waals surface area (Å²) in [4.78, 5) is 31.2. The van der Waals surface area contributed by atoms with Crippen molar-refractivity contribution >= 4 is 39.7 Å². The van der Waals surface area contributed by atoms with Gasteiger partial charge in [-0.1, -0.05) is 53.3 Å². The molecule has 0 radical (unpaired) electrons. The Hall–Kier alpha value is -2.85. The quantitative estimate of drug-likeness (QED) is 0.432. The maximum absolute atomic E-state index is 12.7. The number of ether oxygens (including phenoxy) is 1. The van der Waals surface area contributed by atoms with Crippen LogP contribution in [0.1, 0.15) is 15.2 Å². The number of benzene rings is 2. The Morgan fingerprint density at radius 2 is 1.97 bits per heavy atom. The van der Waals surface area contributed by atoms with Crippen LogP contribution < -0.4 is 5.32 Å². The summed E-state index contributed by atoms with van der Waals surface area (Å²) < 4.78 is 5.43. The molecule has 1 fully saturated rings. The Labute approximate surface area is 187 Å². The van der Waals surface area contributed by atoms with Crippen molar-refractivity contribution in [1.82, 2.24) is 9.88 Å². The van der Waals surface area contributed by atoms with Crippen LogP contribution in [0.25, 0.3) is 11.3 Å². The summed E-state index contributed by atoms with van der Waals surface area (Å²) in [7, 11) is 0. The van der Waals surface area contributed by atoms with Gasteiger partial charge in [-0.3, -0.25) is 25.1 Å². The Kier molecular flexibility index (Phi) is 6.57. The van der Waals surface area contributed by atoms with Crippen LogP contribution in [0, 0.1) is 10.1 Å². The molecule has 1 aromatic heterocycles. The molecule has 0 saturated carbocycles. The van der Waals surface area contributed by atoms with E-state index in [1.807, 2.05) is 30.3 Å². The second-order valence-corrected chi connectivity index (χ2v) is 8.41. The zero-order chi connectivity index (χ0) is 21.8. The molecule has 8 nitrogen and oxygen atoms in total. The first-order valence-electron chi connectivity index (χ1n) is 9.62. The van der Waals surface area contributed by atoms with E-state index in [4.69, 9.17) is 16.3 Å². The van der Waals surface area contributed by atoms with E-state index in [0.717, 1.165) is 35.3 Å². The van der Waals surface area contributed by atoms with Gasteiger partial charge in [0, 0.05) is 41.7 Å². The van der Waals surface area contributed by atoms with Gasteiger partial charge in [0.1, 0.15) is 5.02 Å². The molecule has 0 spiro atoms. The SMILES string of the molecule is O=C(Nc1nc(-c2ccccc2)c(CN2CCOCC2)s1)c1ccc(Cl)c([N+](=O)[O-])c1. The van der Waals surface area contributed by atoms with Crippen LogP contribution in [0.5, 0.6) is 0 Å². The summed E-state index contributed by atoms with van der Waals surface area (Å²) in [5.41, 5.74) is 1.60. The van der Waals surface area contributed by atoms with Gasteiger partial charge < -0.3 is 4.74 Å². The van der Waals surface area contributed by atoms with E-state index in [2.05, 4.69) is 15.2 Å². The summed E-state index contributed by atoms with van der Waals surface area (Å²) in [6.45, 7) is 3.76. The fourth-order valence-corrected chi connectivity index (χ4v) is 4.47. The molecule has 2 aromatic carbocycles. The maximum atomic E-state index is 12.7. The van der Waals surface area contributed by atoms with E-state index in [1.54, 1.807) is 0 Å². The first kappa shape index (κ1) is 21.4. The molecule has 31 heavy (non-hydrogen) atoms. The first-order chi connectivity index (χ1) is 15.0. The number of anilines is 1. The smallest absolute Gasteiger partial charge is 0.288 e. The van der Waals surface area contributed by atoms with Crippen molar-refractivity contribution in [3.63, 3.8) is 0 Å². The minimum atomic E-state index is -0.615. The Balaban J connectivity index is 1.60. The molecule has 3 aromatic rings. The number of morpholine rings is 1. The van der Waals surface area contributed by atoms with Gasteiger partial charge in [-0.25, -0.2) is 4.98 Å². The molecule has 1 amide bonds. The lowest BCUT2D eigenvalue weighted by molar-refractivity contribution is -0.384. The number of halogens is 1. The standard InChI is InChI=1S/C21H19ClN4O4S/c22-16-7-6-15(12-17(16)26(28)29)20(27)24-21-23-19(14-4-2-1-3-5-14)18(31-21)13-25-8-10-30-11-9-25/h1-7,12H,8-11,13H2,(H,23,24,27). The third-order valence-corrected chi connectivity index (χ3v) is 6.12. The molecule has 1 aliphatic heterocycles. The number of hydrogen-bond acceptors (Lipinski definition) is 7. The second-order valence-electron chi connectivity index (χ2n) is 6.92. The summed E-state index contributed by atoms with van der Waals surface area (Å²) in [6.07, 6.45) is 0. The van der Waals surface area contributed by atoms with Crippen molar-refractivity contribution in [1.29, 1.82) is 0 Å². The van der Waals surface area contributed by atoms with Crippen LogP contribution in [0.4, 0.5) is 10.8 Å². The second kappa shape index (κ2) is 9.52. The highest BCUT2D eigenvalue weighted by Crippen LogP contribution is 2.33. The summed E-state index contributed by atoms with van der Waals surface area (Å²) >= 11 is 7.24. The van der Waals surface area contributed by atoms with Gasteiger partial charge in [0.2, 0.25) is 0 Å².